The standard InChI is InChI=1S/2C5H11O.Al.Li/c2*1-2-3-4-5-6;;/h2*2-5H2,1H3;;/q2*-1;+2;. The molecule has 0 saturated heterocycles. The van der Waals surface area contributed by atoms with Gasteiger partial charge in [-0.1, -0.05) is 0 Å². The second-order valence-electron chi connectivity index (χ2n) is 3.72. The van der Waals surface area contributed by atoms with Crippen molar-refractivity contribution in [1.29, 1.82) is 0 Å². The minimum atomic E-state index is -1.29. The first-order valence-electron chi connectivity index (χ1n) is 6.04. The summed E-state index contributed by atoms with van der Waals surface area (Å²) < 4.78 is 11.3. The Bertz CT molecular complexity index is 102. The Morgan fingerprint density at radius 3 is 1.64 bits per heavy atom. The van der Waals surface area contributed by atoms with Crippen LogP contribution in [0.25, 0.3) is 0 Å². The molecular formula is C10H22AlLiO2. The van der Waals surface area contributed by atoms with Crippen molar-refractivity contribution in [2.45, 2.75) is 52.4 Å². The van der Waals surface area contributed by atoms with E-state index in [1.807, 2.05) is 0 Å². The second-order valence-corrected chi connectivity index (χ2v) is 5.53. The molecule has 0 saturated carbocycles. The fourth-order valence-corrected chi connectivity index (χ4v) is 2.34. The van der Waals surface area contributed by atoms with Crippen LogP contribution in [0.4, 0.5) is 0 Å². The van der Waals surface area contributed by atoms with Crippen LogP contribution in [0.3, 0.4) is 0 Å². The average molecular weight is 208 g/mol. The van der Waals surface area contributed by atoms with Gasteiger partial charge in [-0.3, -0.25) is 0 Å². The molecule has 0 fully saturated rings. The first-order chi connectivity index (χ1) is 6.81. The van der Waals surface area contributed by atoms with Crippen molar-refractivity contribution >= 4 is 28.3 Å². The molecule has 4 heteroatoms. The fourth-order valence-electron chi connectivity index (χ4n) is 1.25. The molecule has 14 heavy (non-hydrogen) atoms. The summed E-state index contributed by atoms with van der Waals surface area (Å²) in [6, 6.07) is 0. The van der Waals surface area contributed by atoms with Crippen LogP contribution in [0.2, 0.25) is 0 Å². The van der Waals surface area contributed by atoms with E-state index < -0.39 is 12.6 Å². The van der Waals surface area contributed by atoms with E-state index in [2.05, 4.69) is 29.6 Å². The molecule has 2 nitrogen and oxygen atoms in total. The van der Waals surface area contributed by atoms with E-state index in [4.69, 9.17) is 7.58 Å². The van der Waals surface area contributed by atoms with Crippen molar-refractivity contribution in [2.75, 3.05) is 13.2 Å². The summed E-state index contributed by atoms with van der Waals surface area (Å²) in [5, 5.41) is 0. The van der Waals surface area contributed by atoms with Crippen LogP contribution in [-0.4, -0.2) is 41.5 Å². The molecule has 0 N–H and O–H groups in total. The molecule has 0 rings (SSSR count). The molecule has 0 aromatic rings. The molecule has 0 aromatic heterocycles. The van der Waals surface area contributed by atoms with Gasteiger partial charge in [-0.05, 0) is 0 Å². The molecule has 0 aliphatic carbocycles. The number of rotatable bonds is 10. The number of hydrogen-bond acceptors (Lipinski definition) is 2. The Morgan fingerprint density at radius 2 is 1.29 bits per heavy atom. The Balaban J connectivity index is 3.07. The van der Waals surface area contributed by atoms with Crippen LogP contribution in [0.5, 0.6) is 0 Å². The molecule has 78 valence electrons. The van der Waals surface area contributed by atoms with E-state index in [0.717, 1.165) is 13.2 Å². The van der Waals surface area contributed by atoms with Gasteiger partial charge in [-0.25, -0.2) is 0 Å². The molecule has 0 aliphatic rings. The normalized spacial score (nSPS) is 10.6. The third-order valence-corrected chi connectivity index (χ3v) is 3.61. The molecule has 0 atom stereocenters. The Kier molecular flexibility index (Phi) is 13.0. The first-order valence-corrected chi connectivity index (χ1v) is 8.14. The van der Waals surface area contributed by atoms with Gasteiger partial charge >= 0.3 is 101 Å². The van der Waals surface area contributed by atoms with Gasteiger partial charge in [0.1, 0.15) is 0 Å². The van der Waals surface area contributed by atoms with Crippen LogP contribution >= 0.6 is 0 Å². The van der Waals surface area contributed by atoms with Gasteiger partial charge in [-0.15, -0.1) is 0 Å². The zero-order valence-corrected chi connectivity index (χ0v) is 11.2. The molecule has 0 spiro atoms. The summed E-state index contributed by atoms with van der Waals surface area (Å²) in [5.74, 6) is 0. The van der Waals surface area contributed by atoms with Gasteiger partial charge in [0.05, 0.1) is 0 Å². The monoisotopic (exact) mass is 208 g/mol. The van der Waals surface area contributed by atoms with Crippen LogP contribution in [0.15, 0.2) is 0 Å². The molecule has 0 aliphatic heterocycles. The molecule has 0 unspecified atom stereocenters. The van der Waals surface area contributed by atoms with Crippen molar-refractivity contribution < 1.29 is 7.58 Å². The molecule has 0 bridgehead atoms. The van der Waals surface area contributed by atoms with Crippen LogP contribution in [0, 0.1) is 0 Å². The molecule has 0 heterocycles. The van der Waals surface area contributed by atoms with E-state index in [1.165, 1.54) is 38.5 Å². The summed E-state index contributed by atoms with van der Waals surface area (Å²) >= 11 is 0.835. The van der Waals surface area contributed by atoms with E-state index >= 15 is 0 Å². The maximum absolute atomic E-state index is 5.64. The van der Waals surface area contributed by atoms with Gasteiger partial charge in [0, 0.05) is 0 Å². The number of unbranched alkanes of at least 4 members (excludes halogenated alkanes) is 4. The zero-order valence-electron chi connectivity index (χ0n) is 10.1. The van der Waals surface area contributed by atoms with Crippen molar-refractivity contribution in [1.82, 2.24) is 0 Å². The zero-order chi connectivity index (χ0) is 10.6. The predicted octanol–water partition coefficient (Wildman–Crippen LogP) is 2.55. The average Bonchev–Trinajstić information content (AvgIpc) is 2.19. The summed E-state index contributed by atoms with van der Waals surface area (Å²) in [6.45, 7) is 6.22. The topological polar surface area (TPSA) is 18.5 Å². The molecule has 0 amide bonds. The van der Waals surface area contributed by atoms with Crippen molar-refractivity contribution in [3.05, 3.63) is 0 Å². The van der Waals surface area contributed by atoms with E-state index in [1.54, 1.807) is 0 Å². The van der Waals surface area contributed by atoms with E-state index in [-0.39, 0.29) is 0 Å². The van der Waals surface area contributed by atoms with Gasteiger partial charge in [0.15, 0.2) is 0 Å². The van der Waals surface area contributed by atoms with Gasteiger partial charge in [0.25, 0.3) is 0 Å². The summed E-state index contributed by atoms with van der Waals surface area (Å²) in [7, 11) is 0. The van der Waals surface area contributed by atoms with Gasteiger partial charge < -0.3 is 0 Å². The fraction of sp³-hybridized carbons (Fsp3) is 1.00. The van der Waals surface area contributed by atoms with Crippen molar-refractivity contribution in [3.63, 3.8) is 0 Å². The van der Waals surface area contributed by atoms with E-state index in [0.29, 0.717) is 0 Å². The van der Waals surface area contributed by atoms with E-state index in [9.17, 15) is 0 Å². The summed E-state index contributed by atoms with van der Waals surface area (Å²) in [6.07, 6.45) is 7.44. The van der Waals surface area contributed by atoms with Gasteiger partial charge in [-0.2, -0.15) is 0 Å². The van der Waals surface area contributed by atoms with Crippen LogP contribution in [0.1, 0.15) is 52.4 Å². The van der Waals surface area contributed by atoms with Crippen molar-refractivity contribution in [3.8, 4) is 0 Å². The summed E-state index contributed by atoms with van der Waals surface area (Å²) in [5.41, 5.74) is 0. The maximum atomic E-state index is 5.64. The van der Waals surface area contributed by atoms with Crippen LogP contribution < -0.4 is 0 Å². The predicted molar refractivity (Wildman–Crippen MR) is 62.5 cm³/mol. The molecule has 0 aromatic carbocycles. The SMILES string of the molecule is [Li][Al]([O]CCCCC)[O]CCCCC. The van der Waals surface area contributed by atoms with Gasteiger partial charge in [0.2, 0.25) is 0 Å². The Hall–Kier alpha value is 1.05. The van der Waals surface area contributed by atoms with Crippen LogP contribution in [-0.2, 0) is 7.58 Å². The van der Waals surface area contributed by atoms with Crippen molar-refractivity contribution in [2.24, 2.45) is 0 Å². The third-order valence-electron chi connectivity index (χ3n) is 2.20. The second kappa shape index (κ2) is 12.1. The number of hydrogen-bond donors (Lipinski definition) is 0. The minimum absolute atomic E-state index is 0.898. The Morgan fingerprint density at radius 1 is 0.857 bits per heavy atom. The quantitative estimate of drug-likeness (QED) is 0.405. The summed E-state index contributed by atoms with van der Waals surface area (Å²) in [4.78, 5) is 0. The molecule has 0 radical (unpaired) electrons. The third kappa shape index (κ3) is 11.1. The Labute approximate surface area is 101 Å². The first kappa shape index (κ1) is 15.0. The molecular weight excluding hydrogens is 186 g/mol.